The molecular weight excluding hydrogens is 244 g/mol. The molecule has 0 unspecified atom stereocenters. The van der Waals surface area contributed by atoms with Gasteiger partial charge in [-0.05, 0) is 37.0 Å². The van der Waals surface area contributed by atoms with Crippen LogP contribution in [0.15, 0.2) is 30.5 Å². The van der Waals surface area contributed by atoms with Gasteiger partial charge in [0.05, 0.1) is 0 Å². The van der Waals surface area contributed by atoms with Crippen LogP contribution in [0, 0.1) is 10.7 Å². The van der Waals surface area contributed by atoms with Gasteiger partial charge in [0, 0.05) is 23.4 Å². The second kappa shape index (κ2) is 4.53. The maximum Gasteiger partial charge on any atom is 0.174 e. The number of carbonyl (C=O) groups is 1. The van der Waals surface area contributed by atoms with Gasteiger partial charge in [-0.2, -0.15) is 0 Å². The van der Waals surface area contributed by atoms with Crippen LogP contribution in [0.2, 0.25) is 0 Å². The number of fused-ring (bicyclic) bond motifs is 1. The first-order chi connectivity index (χ1) is 8.74. The Bertz CT molecular complexity index is 641. The van der Waals surface area contributed by atoms with E-state index in [2.05, 4.69) is 9.97 Å². The number of aromatic nitrogens is 2. The molecule has 1 aromatic heterocycles. The van der Waals surface area contributed by atoms with Gasteiger partial charge in [0.2, 0.25) is 0 Å². The third-order valence-electron chi connectivity index (χ3n) is 3.53. The van der Waals surface area contributed by atoms with Crippen molar-refractivity contribution in [1.29, 1.82) is 0 Å². The average molecular weight is 258 g/mol. The van der Waals surface area contributed by atoms with Crippen LogP contribution in [0.5, 0.6) is 0 Å². The van der Waals surface area contributed by atoms with E-state index in [-0.39, 0.29) is 11.7 Å². The number of nitrogens with one attached hydrogen (secondary N) is 2. The van der Waals surface area contributed by atoms with Crippen LogP contribution >= 0.6 is 12.2 Å². The van der Waals surface area contributed by atoms with E-state index < -0.39 is 0 Å². The average Bonchev–Trinajstić information content (AvgIpc) is 2.79. The molecule has 0 saturated heterocycles. The monoisotopic (exact) mass is 258 g/mol. The minimum absolute atomic E-state index is 0.0707. The molecule has 0 saturated carbocycles. The third kappa shape index (κ3) is 2.04. The van der Waals surface area contributed by atoms with Gasteiger partial charge in [0.1, 0.15) is 0 Å². The number of aryl methyl sites for hydroxylation is 1. The summed E-state index contributed by atoms with van der Waals surface area (Å²) in [5.41, 5.74) is 3.08. The number of benzene rings is 1. The first-order valence-corrected chi connectivity index (χ1v) is 6.53. The highest BCUT2D eigenvalue weighted by atomic mass is 32.1. The summed E-state index contributed by atoms with van der Waals surface area (Å²) in [7, 11) is 0. The molecule has 18 heavy (non-hydrogen) atoms. The standard InChI is InChI=1S/C14H14N2OS/c17-13-10(7-11-8-15-14(18)16-11)6-5-9-3-1-2-4-12(9)13/h1-4,8,10H,5-7H2,(H2,15,16,18)/t10-/m0/s1. The van der Waals surface area contributed by atoms with Crippen molar-refractivity contribution in [3.8, 4) is 0 Å². The minimum atomic E-state index is 0.0707. The zero-order valence-electron chi connectivity index (χ0n) is 9.90. The molecule has 2 N–H and O–H groups in total. The Hall–Kier alpha value is -1.68. The van der Waals surface area contributed by atoms with Gasteiger partial charge in [-0.1, -0.05) is 24.3 Å². The number of aromatic amines is 2. The fourth-order valence-corrected chi connectivity index (χ4v) is 2.79. The smallest absolute Gasteiger partial charge is 0.174 e. The van der Waals surface area contributed by atoms with Gasteiger partial charge in [-0.25, -0.2) is 0 Å². The molecule has 3 rings (SSSR count). The molecule has 0 bridgehead atoms. The van der Waals surface area contributed by atoms with Gasteiger partial charge < -0.3 is 9.97 Å². The Morgan fingerprint density at radius 2 is 2.17 bits per heavy atom. The predicted molar refractivity (Wildman–Crippen MR) is 72.3 cm³/mol. The Balaban J connectivity index is 1.84. The molecular formula is C14H14N2OS. The van der Waals surface area contributed by atoms with E-state index in [0.717, 1.165) is 30.5 Å². The van der Waals surface area contributed by atoms with E-state index >= 15 is 0 Å². The van der Waals surface area contributed by atoms with Crippen molar-refractivity contribution in [2.45, 2.75) is 19.3 Å². The van der Waals surface area contributed by atoms with Crippen LogP contribution in [0.25, 0.3) is 0 Å². The van der Waals surface area contributed by atoms with Gasteiger partial charge in [-0.15, -0.1) is 0 Å². The largest absolute Gasteiger partial charge is 0.337 e. The van der Waals surface area contributed by atoms with Crippen molar-refractivity contribution in [3.05, 3.63) is 52.1 Å². The lowest BCUT2D eigenvalue weighted by Crippen LogP contribution is -2.24. The Kier molecular flexibility index (Phi) is 2.88. The summed E-state index contributed by atoms with van der Waals surface area (Å²) >= 11 is 5.00. The molecule has 0 aliphatic heterocycles. The van der Waals surface area contributed by atoms with Crippen LogP contribution in [-0.4, -0.2) is 15.8 Å². The molecule has 1 aliphatic carbocycles. The Labute approximate surface area is 110 Å². The molecule has 1 heterocycles. The highest BCUT2D eigenvalue weighted by Crippen LogP contribution is 2.27. The van der Waals surface area contributed by atoms with Crippen LogP contribution in [-0.2, 0) is 12.8 Å². The summed E-state index contributed by atoms with van der Waals surface area (Å²) < 4.78 is 0.619. The molecule has 92 valence electrons. The summed E-state index contributed by atoms with van der Waals surface area (Å²) in [6.45, 7) is 0. The number of Topliss-reactive ketones (excluding diaryl/α,β-unsaturated/α-hetero) is 1. The van der Waals surface area contributed by atoms with E-state index in [9.17, 15) is 4.79 Å². The van der Waals surface area contributed by atoms with Crippen molar-refractivity contribution >= 4 is 18.0 Å². The lowest BCUT2D eigenvalue weighted by Gasteiger charge is -2.22. The van der Waals surface area contributed by atoms with E-state index in [0.29, 0.717) is 4.77 Å². The molecule has 4 heteroatoms. The van der Waals surface area contributed by atoms with Gasteiger partial charge in [0.15, 0.2) is 10.6 Å². The summed E-state index contributed by atoms with van der Waals surface area (Å²) in [4.78, 5) is 18.4. The van der Waals surface area contributed by atoms with Crippen molar-refractivity contribution < 1.29 is 4.79 Å². The number of carbonyl (C=O) groups excluding carboxylic acids is 1. The first-order valence-electron chi connectivity index (χ1n) is 6.13. The zero-order chi connectivity index (χ0) is 12.5. The lowest BCUT2D eigenvalue weighted by atomic mass is 9.81. The zero-order valence-corrected chi connectivity index (χ0v) is 10.7. The maximum atomic E-state index is 12.4. The van der Waals surface area contributed by atoms with Crippen molar-refractivity contribution in [3.63, 3.8) is 0 Å². The summed E-state index contributed by atoms with van der Waals surface area (Å²) in [6, 6.07) is 7.91. The molecule has 1 aliphatic rings. The topological polar surface area (TPSA) is 48.6 Å². The Morgan fingerprint density at radius 3 is 2.94 bits per heavy atom. The molecule has 1 aromatic carbocycles. The minimum Gasteiger partial charge on any atom is -0.337 e. The van der Waals surface area contributed by atoms with Crippen molar-refractivity contribution in [2.24, 2.45) is 5.92 Å². The van der Waals surface area contributed by atoms with E-state index in [1.807, 2.05) is 30.5 Å². The maximum absolute atomic E-state index is 12.4. The fourth-order valence-electron chi connectivity index (χ4n) is 2.60. The molecule has 3 nitrogen and oxygen atoms in total. The quantitative estimate of drug-likeness (QED) is 0.813. The predicted octanol–water partition coefficient (Wildman–Crippen LogP) is 3.06. The molecule has 0 amide bonds. The van der Waals surface area contributed by atoms with Gasteiger partial charge in [-0.3, -0.25) is 4.79 Å². The number of hydrogen-bond acceptors (Lipinski definition) is 2. The van der Waals surface area contributed by atoms with Gasteiger partial charge in [0.25, 0.3) is 0 Å². The molecule has 0 fully saturated rings. The van der Waals surface area contributed by atoms with Gasteiger partial charge >= 0.3 is 0 Å². The normalized spacial score (nSPS) is 18.7. The summed E-state index contributed by atoms with van der Waals surface area (Å²) in [5, 5.41) is 0. The molecule has 0 radical (unpaired) electrons. The second-order valence-corrected chi connectivity index (χ2v) is 5.14. The first kappa shape index (κ1) is 11.4. The van der Waals surface area contributed by atoms with Crippen LogP contribution < -0.4 is 0 Å². The number of H-pyrrole nitrogens is 2. The lowest BCUT2D eigenvalue weighted by molar-refractivity contribution is 0.0900. The number of ketones is 1. The second-order valence-electron chi connectivity index (χ2n) is 4.73. The molecule has 1 atom stereocenters. The number of imidazole rings is 1. The number of rotatable bonds is 2. The third-order valence-corrected chi connectivity index (χ3v) is 3.75. The SMILES string of the molecule is O=C1c2ccccc2CC[C@H]1Cc1c[nH]c(=S)[nH]1. The Morgan fingerprint density at radius 1 is 1.33 bits per heavy atom. The van der Waals surface area contributed by atoms with Crippen molar-refractivity contribution in [2.75, 3.05) is 0 Å². The highest BCUT2D eigenvalue weighted by molar-refractivity contribution is 7.71. The number of hydrogen-bond donors (Lipinski definition) is 2. The summed E-state index contributed by atoms with van der Waals surface area (Å²) in [6.07, 6.45) is 4.50. The van der Waals surface area contributed by atoms with Crippen LogP contribution in [0.1, 0.15) is 28.0 Å². The van der Waals surface area contributed by atoms with E-state index in [4.69, 9.17) is 12.2 Å². The van der Waals surface area contributed by atoms with E-state index in [1.54, 1.807) is 0 Å². The highest BCUT2D eigenvalue weighted by Gasteiger charge is 2.27. The fraction of sp³-hybridized carbons (Fsp3) is 0.286. The van der Waals surface area contributed by atoms with Crippen LogP contribution in [0.4, 0.5) is 0 Å². The summed E-state index contributed by atoms with van der Waals surface area (Å²) in [5.74, 6) is 0.332. The molecule has 2 aromatic rings. The molecule has 0 spiro atoms. The van der Waals surface area contributed by atoms with Crippen molar-refractivity contribution in [1.82, 2.24) is 9.97 Å². The van der Waals surface area contributed by atoms with E-state index in [1.165, 1.54) is 5.56 Å². The van der Waals surface area contributed by atoms with Crippen LogP contribution in [0.3, 0.4) is 0 Å².